The first kappa shape index (κ1) is 13.3. The Hall–Kier alpha value is -2.09. The van der Waals surface area contributed by atoms with Crippen molar-refractivity contribution in [3.63, 3.8) is 0 Å². The molecule has 19 heavy (non-hydrogen) atoms. The maximum atomic E-state index is 11.1. The number of rotatable bonds is 4. The average molecular weight is 259 g/mol. The van der Waals surface area contributed by atoms with Crippen molar-refractivity contribution in [3.05, 3.63) is 33.9 Å². The van der Waals surface area contributed by atoms with Gasteiger partial charge in [0.1, 0.15) is 17.3 Å². The normalized spacial score (nSPS) is 21.9. The van der Waals surface area contributed by atoms with Gasteiger partial charge in [0.05, 0.1) is 4.92 Å². The van der Waals surface area contributed by atoms with E-state index in [1.807, 2.05) is 6.07 Å². The molecule has 1 fully saturated rings. The summed E-state index contributed by atoms with van der Waals surface area (Å²) in [6.07, 6.45) is 3.56. The first-order chi connectivity index (χ1) is 9.11. The Kier molecular flexibility index (Phi) is 4.00. The van der Waals surface area contributed by atoms with Crippen molar-refractivity contribution in [1.82, 2.24) is 0 Å². The Morgan fingerprint density at radius 1 is 1.53 bits per heavy atom. The lowest BCUT2D eigenvalue weighted by atomic mass is 10.1. The molecule has 0 radical (unpaired) electrons. The molecule has 1 aliphatic rings. The van der Waals surface area contributed by atoms with Gasteiger partial charge in [-0.15, -0.1) is 0 Å². The largest absolute Gasteiger partial charge is 0.379 e. The third-order valence-corrected chi connectivity index (χ3v) is 3.72. The van der Waals surface area contributed by atoms with Crippen LogP contribution in [0.5, 0.6) is 0 Å². The van der Waals surface area contributed by atoms with Crippen molar-refractivity contribution in [2.24, 2.45) is 11.8 Å². The molecule has 0 amide bonds. The van der Waals surface area contributed by atoms with E-state index in [0.717, 1.165) is 12.5 Å². The molecule has 5 nitrogen and oxygen atoms in total. The van der Waals surface area contributed by atoms with E-state index in [1.165, 1.54) is 25.3 Å². The van der Waals surface area contributed by atoms with Crippen LogP contribution in [0.1, 0.15) is 31.7 Å². The van der Waals surface area contributed by atoms with E-state index in [9.17, 15) is 10.1 Å². The molecular weight excluding hydrogens is 242 g/mol. The van der Waals surface area contributed by atoms with Crippen molar-refractivity contribution in [2.75, 3.05) is 11.9 Å². The number of nitriles is 1. The Morgan fingerprint density at radius 3 is 2.89 bits per heavy atom. The molecule has 2 atom stereocenters. The summed E-state index contributed by atoms with van der Waals surface area (Å²) in [6.45, 7) is 2.97. The fraction of sp³-hybridized carbons (Fsp3) is 0.500. The maximum absolute atomic E-state index is 11.1. The summed E-state index contributed by atoms with van der Waals surface area (Å²) < 4.78 is 0. The Bertz CT molecular complexity index is 522. The average Bonchev–Trinajstić information content (AvgIpc) is 2.81. The minimum Gasteiger partial charge on any atom is -0.379 e. The van der Waals surface area contributed by atoms with Gasteiger partial charge in [0.2, 0.25) is 0 Å². The zero-order valence-corrected chi connectivity index (χ0v) is 10.9. The predicted molar refractivity (Wildman–Crippen MR) is 72.8 cm³/mol. The predicted octanol–water partition coefficient (Wildman–Crippen LogP) is 3.31. The van der Waals surface area contributed by atoms with E-state index < -0.39 is 4.92 Å². The number of nitrogens with one attached hydrogen (secondary N) is 1. The number of nitrogens with zero attached hydrogens (tertiary/aromatic N) is 2. The molecule has 1 N–H and O–H groups in total. The molecule has 0 saturated heterocycles. The molecule has 0 aromatic heterocycles. The second-order valence-corrected chi connectivity index (χ2v) is 5.24. The molecule has 1 saturated carbocycles. The van der Waals surface area contributed by atoms with Crippen LogP contribution in [-0.2, 0) is 0 Å². The first-order valence-corrected chi connectivity index (χ1v) is 6.53. The fourth-order valence-corrected chi connectivity index (χ4v) is 2.74. The summed E-state index contributed by atoms with van der Waals surface area (Å²) in [7, 11) is 0. The van der Waals surface area contributed by atoms with Gasteiger partial charge in [-0.25, -0.2) is 0 Å². The monoisotopic (exact) mass is 259 g/mol. The second kappa shape index (κ2) is 5.70. The number of benzene rings is 1. The highest BCUT2D eigenvalue weighted by molar-refractivity contribution is 5.68. The lowest BCUT2D eigenvalue weighted by Crippen LogP contribution is -2.13. The van der Waals surface area contributed by atoms with Crippen LogP contribution < -0.4 is 5.32 Å². The number of nitro benzene ring substituents is 1. The molecule has 0 bridgehead atoms. The highest BCUT2D eigenvalue weighted by Crippen LogP contribution is 2.32. The molecule has 0 heterocycles. The zero-order chi connectivity index (χ0) is 13.8. The number of anilines is 1. The van der Waals surface area contributed by atoms with Gasteiger partial charge in [0.15, 0.2) is 0 Å². The van der Waals surface area contributed by atoms with E-state index in [-0.39, 0.29) is 11.3 Å². The van der Waals surface area contributed by atoms with Crippen LogP contribution in [0.2, 0.25) is 0 Å². The highest BCUT2D eigenvalue weighted by Gasteiger charge is 2.23. The third kappa shape index (κ3) is 3.02. The Morgan fingerprint density at radius 2 is 2.32 bits per heavy atom. The van der Waals surface area contributed by atoms with Crippen molar-refractivity contribution in [3.8, 4) is 6.07 Å². The topological polar surface area (TPSA) is 79.0 Å². The summed E-state index contributed by atoms with van der Waals surface area (Å²) >= 11 is 0. The van der Waals surface area contributed by atoms with Gasteiger partial charge in [0.25, 0.3) is 0 Å². The number of para-hydroxylation sites is 1. The van der Waals surface area contributed by atoms with Crippen LogP contribution >= 0.6 is 0 Å². The van der Waals surface area contributed by atoms with Crippen molar-refractivity contribution in [1.29, 1.82) is 5.26 Å². The second-order valence-electron chi connectivity index (χ2n) is 5.24. The summed E-state index contributed by atoms with van der Waals surface area (Å²) in [5.41, 5.74) is 0.439. The standard InChI is InChI=1S/C14H17N3O2/c1-10-5-6-11(7-10)9-16-13-4-2-3-12(8-15)14(13)17(18)19/h2-4,10-11,16H,5-7,9H2,1H3. The van der Waals surface area contributed by atoms with Crippen molar-refractivity contribution < 1.29 is 4.92 Å². The van der Waals surface area contributed by atoms with E-state index in [2.05, 4.69) is 12.2 Å². The van der Waals surface area contributed by atoms with Crippen LogP contribution in [0.4, 0.5) is 11.4 Å². The van der Waals surface area contributed by atoms with Gasteiger partial charge in [-0.2, -0.15) is 5.26 Å². The van der Waals surface area contributed by atoms with Crippen LogP contribution in [-0.4, -0.2) is 11.5 Å². The molecule has 1 aromatic carbocycles. The van der Waals surface area contributed by atoms with Gasteiger partial charge in [-0.05, 0) is 36.8 Å². The molecule has 5 heteroatoms. The van der Waals surface area contributed by atoms with E-state index >= 15 is 0 Å². The minimum absolute atomic E-state index is 0.106. The smallest absolute Gasteiger partial charge is 0.309 e. The quantitative estimate of drug-likeness (QED) is 0.664. The van der Waals surface area contributed by atoms with Crippen LogP contribution in [0.3, 0.4) is 0 Å². The van der Waals surface area contributed by atoms with E-state index in [4.69, 9.17) is 5.26 Å². The molecule has 2 rings (SSSR count). The van der Waals surface area contributed by atoms with Crippen molar-refractivity contribution >= 4 is 11.4 Å². The van der Waals surface area contributed by atoms with Gasteiger partial charge in [0, 0.05) is 6.54 Å². The van der Waals surface area contributed by atoms with Gasteiger partial charge < -0.3 is 5.32 Å². The molecule has 1 aliphatic carbocycles. The summed E-state index contributed by atoms with van der Waals surface area (Å²) in [4.78, 5) is 10.6. The maximum Gasteiger partial charge on any atom is 0.309 e. The van der Waals surface area contributed by atoms with Crippen LogP contribution in [0.15, 0.2) is 18.2 Å². The molecule has 1 aromatic rings. The molecule has 2 unspecified atom stereocenters. The third-order valence-electron chi connectivity index (χ3n) is 3.72. The van der Waals surface area contributed by atoms with Crippen molar-refractivity contribution in [2.45, 2.75) is 26.2 Å². The number of nitro groups is 1. The molecule has 100 valence electrons. The number of hydrogen-bond donors (Lipinski definition) is 1. The zero-order valence-electron chi connectivity index (χ0n) is 10.9. The summed E-state index contributed by atoms with van der Waals surface area (Å²) in [5.74, 6) is 1.31. The fourth-order valence-electron chi connectivity index (χ4n) is 2.74. The summed E-state index contributed by atoms with van der Waals surface area (Å²) in [5, 5.41) is 23.1. The number of hydrogen-bond acceptors (Lipinski definition) is 4. The highest BCUT2D eigenvalue weighted by atomic mass is 16.6. The molecular formula is C14H17N3O2. The SMILES string of the molecule is CC1CCC(CNc2cccc(C#N)c2[N+](=O)[O-])C1. The molecule has 0 aliphatic heterocycles. The molecule has 0 spiro atoms. The summed E-state index contributed by atoms with van der Waals surface area (Å²) in [6, 6.07) is 6.68. The van der Waals surface area contributed by atoms with Gasteiger partial charge in [-0.1, -0.05) is 19.4 Å². The Labute approximate surface area is 112 Å². The van der Waals surface area contributed by atoms with Gasteiger partial charge in [-0.3, -0.25) is 10.1 Å². The van der Waals surface area contributed by atoms with Gasteiger partial charge >= 0.3 is 5.69 Å². The van der Waals surface area contributed by atoms with Crippen LogP contribution in [0.25, 0.3) is 0 Å². The lowest BCUT2D eigenvalue weighted by Gasteiger charge is -2.12. The van der Waals surface area contributed by atoms with Crippen LogP contribution in [0, 0.1) is 33.3 Å². The van der Waals surface area contributed by atoms with E-state index in [0.29, 0.717) is 11.6 Å². The first-order valence-electron chi connectivity index (χ1n) is 6.53. The Balaban J connectivity index is 2.12. The minimum atomic E-state index is -0.488. The van der Waals surface area contributed by atoms with E-state index in [1.54, 1.807) is 12.1 Å². The lowest BCUT2D eigenvalue weighted by molar-refractivity contribution is -0.384.